The van der Waals surface area contributed by atoms with Gasteiger partial charge >= 0.3 is 0 Å². The zero-order valence-electron chi connectivity index (χ0n) is 14.8. The van der Waals surface area contributed by atoms with Gasteiger partial charge in [0.25, 0.3) is 5.91 Å². The van der Waals surface area contributed by atoms with Crippen LogP contribution in [0.4, 0.5) is 0 Å². The van der Waals surface area contributed by atoms with E-state index in [9.17, 15) is 4.79 Å². The molecular weight excluding hydrogens is 326 g/mol. The molecular formula is C20H21N5O. The van der Waals surface area contributed by atoms with E-state index in [0.29, 0.717) is 5.56 Å². The van der Waals surface area contributed by atoms with Gasteiger partial charge in [-0.15, -0.1) is 0 Å². The van der Waals surface area contributed by atoms with Crippen molar-refractivity contribution in [1.82, 2.24) is 24.8 Å². The van der Waals surface area contributed by atoms with Crippen molar-refractivity contribution in [2.45, 2.75) is 13.5 Å². The van der Waals surface area contributed by atoms with Crippen molar-refractivity contribution >= 4 is 16.9 Å². The number of pyridine rings is 1. The highest BCUT2D eigenvalue weighted by Crippen LogP contribution is 2.15. The molecule has 26 heavy (non-hydrogen) atoms. The van der Waals surface area contributed by atoms with Gasteiger partial charge in [-0.2, -0.15) is 0 Å². The molecule has 0 N–H and O–H groups in total. The number of aryl methyl sites for hydroxylation is 1. The molecule has 1 aromatic carbocycles. The number of nitrogens with zero attached hydrogens (tertiary/aromatic N) is 5. The Morgan fingerprint density at radius 2 is 1.73 bits per heavy atom. The zero-order chi connectivity index (χ0) is 17.9. The maximum Gasteiger partial charge on any atom is 0.254 e. The fourth-order valence-corrected chi connectivity index (χ4v) is 3.28. The molecule has 1 aliphatic rings. The maximum absolute atomic E-state index is 12.8. The summed E-state index contributed by atoms with van der Waals surface area (Å²) in [6.07, 6.45) is 5.14. The minimum atomic E-state index is 0.0613. The predicted octanol–water partition coefficient (Wildman–Crippen LogP) is 2.29. The smallest absolute Gasteiger partial charge is 0.254 e. The van der Waals surface area contributed by atoms with Gasteiger partial charge in [0.05, 0.1) is 16.7 Å². The number of hydrogen-bond acceptors (Lipinski definition) is 5. The number of carbonyl (C=O) groups excluding carboxylic acids is 1. The van der Waals surface area contributed by atoms with Crippen molar-refractivity contribution in [3.63, 3.8) is 0 Å². The number of aromatic nitrogens is 3. The Morgan fingerprint density at radius 1 is 0.962 bits per heavy atom. The summed E-state index contributed by atoms with van der Waals surface area (Å²) >= 11 is 0. The molecule has 1 aliphatic heterocycles. The van der Waals surface area contributed by atoms with Crippen LogP contribution in [0.3, 0.4) is 0 Å². The fourth-order valence-electron chi connectivity index (χ4n) is 3.28. The third-order valence-electron chi connectivity index (χ3n) is 4.87. The van der Waals surface area contributed by atoms with Crippen LogP contribution in [0.5, 0.6) is 0 Å². The third kappa shape index (κ3) is 3.41. The predicted molar refractivity (Wildman–Crippen MR) is 99.7 cm³/mol. The Labute approximate surface area is 152 Å². The summed E-state index contributed by atoms with van der Waals surface area (Å²) in [5, 5.41) is 0. The van der Waals surface area contributed by atoms with Gasteiger partial charge < -0.3 is 4.90 Å². The van der Waals surface area contributed by atoms with E-state index in [1.807, 2.05) is 35.4 Å². The number of hydrogen-bond donors (Lipinski definition) is 0. The van der Waals surface area contributed by atoms with Crippen molar-refractivity contribution in [3.05, 3.63) is 65.7 Å². The minimum Gasteiger partial charge on any atom is -0.336 e. The standard InChI is InChI=1S/C20H21N5O/c1-15-3-2-6-21-19(15)14-24-9-11-25(12-10-24)20(26)16-4-5-17-18(13-16)23-8-7-22-17/h2-8,13H,9-12,14H2,1H3. The molecule has 132 valence electrons. The van der Waals surface area contributed by atoms with E-state index in [0.717, 1.165) is 49.5 Å². The first kappa shape index (κ1) is 16.6. The monoisotopic (exact) mass is 347 g/mol. The molecule has 6 nitrogen and oxygen atoms in total. The van der Waals surface area contributed by atoms with Gasteiger partial charge in [0, 0.05) is 56.9 Å². The summed E-state index contributed by atoms with van der Waals surface area (Å²) < 4.78 is 0. The largest absolute Gasteiger partial charge is 0.336 e. The Hall–Kier alpha value is -2.86. The van der Waals surface area contributed by atoms with E-state index < -0.39 is 0 Å². The second kappa shape index (κ2) is 7.17. The molecule has 0 atom stereocenters. The van der Waals surface area contributed by atoms with E-state index in [1.54, 1.807) is 12.4 Å². The van der Waals surface area contributed by atoms with Gasteiger partial charge in [0.1, 0.15) is 0 Å². The zero-order valence-corrected chi connectivity index (χ0v) is 14.8. The van der Waals surface area contributed by atoms with Crippen LogP contribution in [-0.4, -0.2) is 56.8 Å². The van der Waals surface area contributed by atoms with Crippen LogP contribution >= 0.6 is 0 Å². The highest BCUT2D eigenvalue weighted by molar-refractivity contribution is 5.97. The van der Waals surface area contributed by atoms with E-state index in [4.69, 9.17) is 0 Å². The van der Waals surface area contributed by atoms with Gasteiger partial charge in [0.2, 0.25) is 0 Å². The fraction of sp³-hybridized carbons (Fsp3) is 0.300. The van der Waals surface area contributed by atoms with Crippen LogP contribution in [0.2, 0.25) is 0 Å². The molecule has 0 spiro atoms. The first-order valence-electron chi connectivity index (χ1n) is 8.83. The van der Waals surface area contributed by atoms with Gasteiger partial charge in [-0.1, -0.05) is 6.07 Å². The molecule has 3 aromatic rings. The van der Waals surface area contributed by atoms with Crippen molar-refractivity contribution in [2.75, 3.05) is 26.2 Å². The molecule has 3 heterocycles. The lowest BCUT2D eigenvalue weighted by Gasteiger charge is -2.34. The maximum atomic E-state index is 12.8. The summed E-state index contributed by atoms with van der Waals surface area (Å²) in [7, 11) is 0. The lowest BCUT2D eigenvalue weighted by molar-refractivity contribution is 0.0627. The Morgan fingerprint density at radius 3 is 2.50 bits per heavy atom. The molecule has 0 bridgehead atoms. The molecule has 2 aromatic heterocycles. The summed E-state index contributed by atoms with van der Waals surface area (Å²) in [4.78, 5) is 30.1. The summed E-state index contributed by atoms with van der Waals surface area (Å²) in [6.45, 7) is 6.09. The molecule has 0 radical (unpaired) electrons. The van der Waals surface area contributed by atoms with Crippen molar-refractivity contribution in [1.29, 1.82) is 0 Å². The van der Waals surface area contributed by atoms with Crippen molar-refractivity contribution in [3.8, 4) is 0 Å². The number of carbonyl (C=O) groups is 1. The second-order valence-corrected chi connectivity index (χ2v) is 6.60. The number of fused-ring (bicyclic) bond motifs is 1. The quantitative estimate of drug-likeness (QED) is 0.727. The Balaban J connectivity index is 1.40. The topological polar surface area (TPSA) is 62.2 Å². The van der Waals surface area contributed by atoms with E-state index in [2.05, 4.69) is 32.8 Å². The summed E-state index contributed by atoms with van der Waals surface area (Å²) in [6, 6.07) is 9.57. The van der Waals surface area contributed by atoms with Gasteiger partial charge in [-0.3, -0.25) is 24.6 Å². The average Bonchev–Trinajstić information content (AvgIpc) is 2.69. The number of amides is 1. The van der Waals surface area contributed by atoms with Crippen LogP contribution in [0, 0.1) is 6.92 Å². The van der Waals surface area contributed by atoms with Crippen LogP contribution in [-0.2, 0) is 6.54 Å². The number of piperazine rings is 1. The SMILES string of the molecule is Cc1cccnc1CN1CCN(C(=O)c2ccc3nccnc3c2)CC1. The number of benzene rings is 1. The van der Waals surface area contributed by atoms with Gasteiger partial charge in [-0.05, 0) is 36.8 Å². The molecule has 4 rings (SSSR count). The van der Waals surface area contributed by atoms with Crippen molar-refractivity contribution in [2.24, 2.45) is 0 Å². The highest BCUT2D eigenvalue weighted by Gasteiger charge is 2.23. The molecule has 1 saturated heterocycles. The Bertz CT molecular complexity index is 934. The van der Waals surface area contributed by atoms with E-state index in [-0.39, 0.29) is 5.91 Å². The lowest BCUT2D eigenvalue weighted by atomic mass is 10.1. The second-order valence-electron chi connectivity index (χ2n) is 6.60. The first-order chi connectivity index (χ1) is 12.7. The Kier molecular flexibility index (Phi) is 4.58. The summed E-state index contributed by atoms with van der Waals surface area (Å²) in [5.74, 6) is 0.0613. The first-order valence-corrected chi connectivity index (χ1v) is 8.83. The van der Waals surface area contributed by atoms with Crippen LogP contribution in [0.25, 0.3) is 11.0 Å². The molecule has 1 amide bonds. The molecule has 0 unspecified atom stereocenters. The highest BCUT2D eigenvalue weighted by atomic mass is 16.2. The van der Waals surface area contributed by atoms with Crippen LogP contribution in [0.1, 0.15) is 21.6 Å². The lowest BCUT2D eigenvalue weighted by Crippen LogP contribution is -2.48. The number of rotatable bonds is 3. The molecule has 6 heteroatoms. The van der Waals surface area contributed by atoms with Crippen molar-refractivity contribution < 1.29 is 4.79 Å². The summed E-state index contributed by atoms with van der Waals surface area (Å²) in [5.41, 5.74) is 4.55. The molecule has 0 saturated carbocycles. The van der Waals surface area contributed by atoms with E-state index >= 15 is 0 Å². The average molecular weight is 347 g/mol. The van der Waals surface area contributed by atoms with Crippen LogP contribution in [0.15, 0.2) is 48.9 Å². The van der Waals surface area contributed by atoms with Crippen LogP contribution < -0.4 is 0 Å². The van der Waals surface area contributed by atoms with Gasteiger partial charge in [-0.25, -0.2) is 0 Å². The van der Waals surface area contributed by atoms with E-state index in [1.165, 1.54) is 5.56 Å². The third-order valence-corrected chi connectivity index (χ3v) is 4.87. The minimum absolute atomic E-state index is 0.0613. The molecule has 0 aliphatic carbocycles. The van der Waals surface area contributed by atoms with Gasteiger partial charge in [0.15, 0.2) is 0 Å². The molecule has 1 fully saturated rings. The normalized spacial score (nSPS) is 15.3.